The van der Waals surface area contributed by atoms with Gasteiger partial charge >= 0.3 is 0 Å². The van der Waals surface area contributed by atoms with Gasteiger partial charge in [-0.1, -0.05) is 18.2 Å². The van der Waals surface area contributed by atoms with Crippen molar-refractivity contribution in [2.75, 3.05) is 13.7 Å². The second-order valence-corrected chi connectivity index (χ2v) is 4.14. The number of hydrogen-bond acceptors (Lipinski definition) is 2. The number of rotatable bonds is 3. The summed E-state index contributed by atoms with van der Waals surface area (Å²) >= 11 is 0. The molecular formula is C13H18N2O. The highest BCUT2D eigenvalue weighted by atomic mass is 16.5. The first kappa shape index (κ1) is 11.0. The van der Waals surface area contributed by atoms with Crippen molar-refractivity contribution in [2.24, 2.45) is 0 Å². The van der Waals surface area contributed by atoms with Crippen molar-refractivity contribution >= 4 is 5.84 Å². The summed E-state index contributed by atoms with van der Waals surface area (Å²) in [5.41, 5.74) is 1.16. The number of amidine groups is 1. The molecule has 0 unspecified atom stereocenters. The predicted molar refractivity (Wildman–Crippen MR) is 65.0 cm³/mol. The first-order valence-electron chi connectivity index (χ1n) is 5.75. The lowest BCUT2D eigenvalue weighted by Gasteiger charge is -2.29. The summed E-state index contributed by atoms with van der Waals surface area (Å²) in [5.74, 6) is 1.68. The lowest BCUT2D eigenvalue weighted by atomic mass is 10.1. The van der Waals surface area contributed by atoms with E-state index in [-0.39, 0.29) is 0 Å². The third-order valence-corrected chi connectivity index (χ3v) is 3.03. The first-order valence-corrected chi connectivity index (χ1v) is 5.75. The van der Waals surface area contributed by atoms with Crippen LogP contribution < -0.4 is 4.74 Å². The van der Waals surface area contributed by atoms with Crippen LogP contribution in [0.2, 0.25) is 0 Å². The Morgan fingerprint density at radius 1 is 1.31 bits per heavy atom. The summed E-state index contributed by atoms with van der Waals surface area (Å²) in [5, 5.41) is 7.91. The van der Waals surface area contributed by atoms with Crippen molar-refractivity contribution in [3.63, 3.8) is 0 Å². The molecule has 1 aliphatic rings. The molecule has 0 aliphatic carbocycles. The predicted octanol–water partition coefficient (Wildman–Crippen LogP) is 2.66. The summed E-state index contributed by atoms with van der Waals surface area (Å²) in [6.45, 7) is 1.79. The van der Waals surface area contributed by atoms with E-state index >= 15 is 0 Å². The van der Waals surface area contributed by atoms with Gasteiger partial charge < -0.3 is 9.64 Å². The Labute approximate surface area is 96.5 Å². The Kier molecular flexibility index (Phi) is 3.44. The minimum absolute atomic E-state index is 0.761. The highest BCUT2D eigenvalue weighted by molar-refractivity contribution is 5.79. The number of methoxy groups -OCH3 is 1. The molecule has 86 valence electrons. The van der Waals surface area contributed by atoms with Crippen molar-refractivity contribution in [2.45, 2.75) is 25.8 Å². The number of piperidine rings is 1. The lowest BCUT2D eigenvalue weighted by molar-refractivity contribution is 0.347. The van der Waals surface area contributed by atoms with Gasteiger partial charge in [0.1, 0.15) is 5.75 Å². The van der Waals surface area contributed by atoms with Crippen LogP contribution in [0.3, 0.4) is 0 Å². The molecule has 3 nitrogen and oxygen atoms in total. The zero-order valence-corrected chi connectivity index (χ0v) is 9.70. The van der Waals surface area contributed by atoms with Crippen molar-refractivity contribution < 1.29 is 4.74 Å². The van der Waals surface area contributed by atoms with Crippen molar-refractivity contribution in [1.82, 2.24) is 4.90 Å². The van der Waals surface area contributed by atoms with Crippen LogP contribution in [0.1, 0.15) is 24.8 Å². The minimum Gasteiger partial charge on any atom is -0.496 e. The van der Waals surface area contributed by atoms with Gasteiger partial charge in [-0.2, -0.15) is 0 Å². The molecule has 0 bridgehead atoms. The fourth-order valence-corrected chi connectivity index (χ4v) is 2.10. The van der Waals surface area contributed by atoms with Gasteiger partial charge in [0, 0.05) is 25.1 Å². The highest BCUT2D eigenvalue weighted by Crippen LogP contribution is 2.21. The molecule has 0 saturated carbocycles. The van der Waals surface area contributed by atoms with Crippen molar-refractivity contribution in [3.05, 3.63) is 29.8 Å². The van der Waals surface area contributed by atoms with Crippen LogP contribution in [0.25, 0.3) is 0 Å². The van der Waals surface area contributed by atoms with Crippen LogP contribution >= 0.6 is 0 Å². The van der Waals surface area contributed by atoms with Gasteiger partial charge in [0.15, 0.2) is 0 Å². The quantitative estimate of drug-likeness (QED) is 0.846. The summed E-state index contributed by atoms with van der Waals surface area (Å²) in [6, 6.07) is 8.04. The highest BCUT2D eigenvalue weighted by Gasteiger charge is 2.16. The van der Waals surface area contributed by atoms with Crippen molar-refractivity contribution in [1.29, 1.82) is 5.41 Å². The second kappa shape index (κ2) is 5.01. The van der Waals surface area contributed by atoms with Crippen LogP contribution in [0.4, 0.5) is 0 Å². The number of ether oxygens (including phenoxy) is 1. The third kappa shape index (κ3) is 2.35. The Morgan fingerprint density at radius 2 is 2.12 bits per heavy atom. The molecule has 0 radical (unpaired) electrons. The van der Waals surface area contributed by atoms with E-state index < -0.39 is 0 Å². The zero-order valence-electron chi connectivity index (χ0n) is 9.70. The molecule has 0 amide bonds. The molecule has 0 spiro atoms. The Hall–Kier alpha value is -1.51. The van der Waals surface area contributed by atoms with E-state index in [1.807, 2.05) is 18.2 Å². The SMILES string of the molecule is COc1ccccc1CN1CCCCC1=N. The Balaban J connectivity index is 2.10. The average Bonchev–Trinajstić information content (AvgIpc) is 2.33. The molecule has 1 saturated heterocycles. The Morgan fingerprint density at radius 3 is 2.88 bits per heavy atom. The first-order chi connectivity index (χ1) is 7.81. The van der Waals surface area contributed by atoms with E-state index in [4.69, 9.17) is 10.1 Å². The standard InChI is InChI=1S/C13H18N2O/c1-16-12-7-3-2-6-11(12)10-15-9-5-4-8-13(15)14/h2-3,6-7,14H,4-5,8-10H2,1H3. The lowest BCUT2D eigenvalue weighted by Crippen LogP contribution is -2.34. The third-order valence-electron chi connectivity index (χ3n) is 3.03. The van der Waals surface area contributed by atoms with Crippen LogP contribution in [0.5, 0.6) is 5.75 Å². The maximum Gasteiger partial charge on any atom is 0.123 e. The number of benzene rings is 1. The number of nitrogens with one attached hydrogen (secondary N) is 1. The fourth-order valence-electron chi connectivity index (χ4n) is 2.10. The van der Waals surface area contributed by atoms with E-state index in [9.17, 15) is 0 Å². The summed E-state index contributed by atoms with van der Waals surface area (Å²) < 4.78 is 5.32. The number of hydrogen-bond donors (Lipinski definition) is 1. The van der Waals surface area contributed by atoms with Gasteiger partial charge in [0.25, 0.3) is 0 Å². The van der Waals surface area contributed by atoms with Crippen LogP contribution in [0.15, 0.2) is 24.3 Å². The van der Waals surface area contributed by atoms with E-state index in [1.54, 1.807) is 7.11 Å². The van der Waals surface area contributed by atoms with Gasteiger partial charge in [-0.3, -0.25) is 5.41 Å². The number of likely N-dealkylation sites (tertiary alicyclic amines) is 1. The van der Waals surface area contributed by atoms with Crippen LogP contribution in [0, 0.1) is 5.41 Å². The van der Waals surface area contributed by atoms with Gasteiger partial charge in [-0.05, 0) is 18.9 Å². The molecular weight excluding hydrogens is 200 g/mol. The van der Waals surface area contributed by atoms with Gasteiger partial charge in [0.2, 0.25) is 0 Å². The van der Waals surface area contributed by atoms with Crippen LogP contribution in [-0.4, -0.2) is 24.4 Å². The topological polar surface area (TPSA) is 36.3 Å². The maximum absolute atomic E-state index is 7.91. The molecule has 2 rings (SSSR count). The number of nitrogens with zero attached hydrogens (tertiary/aromatic N) is 1. The van der Waals surface area contributed by atoms with Gasteiger partial charge in [-0.25, -0.2) is 0 Å². The van der Waals surface area contributed by atoms with E-state index in [0.29, 0.717) is 0 Å². The van der Waals surface area contributed by atoms with Crippen molar-refractivity contribution in [3.8, 4) is 5.75 Å². The zero-order chi connectivity index (χ0) is 11.4. The second-order valence-electron chi connectivity index (χ2n) is 4.14. The molecule has 1 heterocycles. The monoisotopic (exact) mass is 218 g/mol. The van der Waals surface area contributed by atoms with E-state index in [1.165, 1.54) is 6.42 Å². The largest absolute Gasteiger partial charge is 0.496 e. The molecule has 1 aromatic carbocycles. The molecule has 1 aromatic rings. The smallest absolute Gasteiger partial charge is 0.123 e. The molecule has 0 aromatic heterocycles. The molecule has 0 atom stereocenters. The average molecular weight is 218 g/mol. The number of para-hydroxylation sites is 1. The summed E-state index contributed by atoms with van der Waals surface area (Å²) in [6.07, 6.45) is 3.26. The van der Waals surface area contributed by atoms with Gasteiger partial charge in [-0.15, -0.1) is 0 Å². The molecule has 16 heavy (non-hydrogen) atoms. The molecule has 1 aliphatic heterocycles. The fraction of sp³-hybridized carbons (Fsp3) is 0.462. The molecule has 3 heteroatoms. The summed E-state index contributed by atoms with van der Waals surface area (Å²) in [4.78, 5) is 2.14. The molecule has 1 N–H and O–H groups in total. The normalized spacial score (nSPS) is 16.3. The minimum atomic E-state index is 0.761. The Bertz CT molecular complexity index is 376. The van der Waals surface area contributed by atoms with E-state index in [0.717, 1.165) is 43.1 Å². The summed E-state index contributed by atoms with van der Waals surface area (Å²) in [7, 11) is 1.69. The van der Waals surface area contributed by atoms with Gasteiger partial charge in [0.05, 0.1) is 12.9 Å². The maximum atomic E-state index is 7.91. The van der Waals surface area contributed by atoms with Crippen LogP contribution in [-0.2, 0) is 6.54 Å². The molecule has 1 fully saturated rings. The van der Waals surface area contributed by atoms with E-state index in [2.05, 4.69) is 11.0 Å².